The number of carbonyl (C=O) groups is 2. The van der Waals surface area contributed by atoms with Gasteiger partial charge in [0.05, 0.1) is 18.0 Å². The molecule has 0 radical (unpaired) electrons. The van der Waals surface area contributed by atoms with Crippen LogP contribution in [0.3, 0.4) is 0 Å². The van der Waals surface area contributed by atoms with Crippen molar-refractivity contribution in [2.45, 2.75) is 56.9 Å². The van der Waals surface area contributed by atoms with Crippen molar-refractivity contribution in [3.8, 4) is 17.5 Å². The summed E-state index contributed by atoms with van der Waals surface area (Å²) in [5.41, 5.74) is 8.53. The number of carbonyl (C=O) groups excluding carboxylic acids is 2. The molecule has 0 saturated carbocycles. The summed E-state index contributed by atoms with van der Waals surface area (Å²) in [7, 11) is 7.55. The number of aromatic nitrogens is 3. The summed E-state index contributed by atoms with van der Waals surface area (Å²) in [6, 6.07) is 22.9. The fraction of sp³-hybridized carbons (Fsp3) is 0.390. The van der Waals surface area contributed by atoms with Crippen LogP contribution in [0.15, 0.2) is 67.2 Å². The molecule has 51 heavy (non-hydrogen) atoms. The summed E-state index contributed by atoms with van der Waals surface area (Å²) >= 11 is 0. The molecule has 2 amide bonds. The highest BCUT2D eigenvalue weighted by Gasteiger charge is 2.44. The number of fused-ring (bicyclic) bond motifs is 2. The van der Waals surface area contributed by atoms with Gasteiger partial charge < -0.3 is 25.0 Å². The van der Waals surface area contributed by atoms with Crippen molar-refractivity contribution in [1.82, 2.24) is 35.2 Å². The van der Waals surface area contributed by atoms with Crippen LogP contribution in [0.2, 0.25) is 0 Å². The van der Waals surface area contributed by atoms with Crippen molar-refractivity contribution < 1.29 is 9.59 Å². The molecule has 2 heterocycles. The second kappa shape index (κ2) is 14.9. The molecule has 2 atom stereocenters. The van der Waals surface area contributed by atoms with E-state index in [0.29, 0.717) is 30.9 Å². The van der Waals surface area contributed by atoms with Gasteiger partial charge in [0.25, 0.3) is 5.91 Å². The Bertz CT molecular complexity index is 1900. The molecule has 1 fully saturated rings. The lowest BCUT2D eigenvalue weighted by Gasteiger charge is -2.35. The molecule has 4 aromatic rings. The Morgan fingerprint density at radius 2 is 1.65 bits per heavy atom. The number of benzene rings is 3. The molecule has 1 saturated heterocycles. The van der Waals surface area contributed by atoms with Crippen LogP contribution in [0, 0.1) is 18.3 Å². The first kappa shape index (κ1) is 35.6. The molecular formula is C41H48N8O2. The Hall–Kier alpha value is -5.27. The third kappa shape index (κ3) is 7.04. The molecule has 6 rings (SSSR count). The van der Waals surface area contributed by atoms with Crippen molar-refractivity contribution in [2.24, 2.45) is 0 Å². The van der Waals surface area contributed by atoms with E-state index < -0.39 is 5.41 Å². The molecule has 10 nitrogen and oxygen atoms in total. The van der Waals surface area contributed by atoms with Crippen LogP contribution in [0.4, 0.5) is 0 Å². The molecule has 0 bridgehead atoms. The number of nitrogens with zero attached hydrogens (tertiary/aromatic N) is 6. The van der Waals surface area contributed by atoms with Crippen LogP contribution in [0.25, 0.3) is 17.1 Å². The zero-order valence-electron chi connectivity index (χ0n) is 30.4. The van der Waals surface area contributed by atoms with Crippen molar-refractivity contribution in [3.63, 3.8) is 0 Å². The van der Waals surface area contributed by atoms with E-state index in [-0.39, 0.29) is 24.4 Å². The van der Waals surface area contributed by atoms with Gasteiger partial charge in [0, 0.05) is 51.6 Å². The van der Waals surface area contributed by atoms with E-state index in [1.807, 2.05) is 31.1 Å². The van der Waals surface area contributed by atoms with Gasteiger partial charge in [-0.05, 0) is 98.0 Å². The third-order valence-electron chi connectivity index (χ3n) is 10.4. The first-order valence-electron chi connectivity index (χ1n) is 17.8. The highest BCUT2D eigenvalue weighted by Crippen LogP contribution is 2.47. The second-order valence-electron chi connectivity index (χ2n) is 14.2. The predicted molar refractivity (Wildman–Crippen MR) is 200 cm³/mol. The van der Waals surface area contributed by atoms with Crippen LogP contribution in [0.1, 0.15) is 75.2 Å². The Morgan fingerprint density at radius 3 is 2.29 bits per heavy atom. The van der Waals surface area contributed by atoms with Gasteiger partial charge in [-0.3, -0.25) is 9.59 Å². The number of aromatic amines is 1. The number of hydrogen-bond acceptors (Lipinski definition) is 7. The van der Waals surface area contributed by atoms with Gasteiger partial charge in [0.15, 0.2) is 5.82 Å². The molecule has 3 aromatic carbocycles. The fourth-order valence-electron chi connectivity index (χ4n) is 7.59. The van der Waals surface area contributed by atoms with Gasteiger partial charge in [-0.15, -0.1) is 10.2 Å². The highest BCUT2D eigenvalue weighted by molar-refractivity contribution is 5.94. The van der Waals surface area contributed by atoms with Gasteiger partial charge in [-0.25, -0.2) is 0 Å². The molecule has 2 unspecified atom stereocenters. The number of amides is 2. The van der Waals surface area contributed by atoms with E-state index in [1.54, 1.807) is 23.9 Å². The summed E-state index contributed by atoms with van der Waals surface area (Å²) in [5.74, 6) is 1.35. The van der Waals surface area contributed by atoms with Crippen LogP contribution < -0.4 is 5.32 Å². The minimum Gasteiger partial charge on any atom is -0.378 e. The molecule has 1 aliphatic heterocycles. The number of nitrogens with one attached hydrogen (secondary N) is 2. The number of nitriles is 1. The molecule has 1 aromatic heterocycles. The van der Waals surface area contributed by atoms with E-state index in [2.05, 4.69) is 78.4 Å². The smallest absolute Gasteiger partial charge is 0.253 e. The minimum atomic E-state index is -0.735. The molecule has 0 spiro atoms. The molecule has 2 aliphatic rings. The Morgan fingerprint density at radius 1 is 0.980 bits per heavy atom. The summed E-state index contributed by atoms with van der Waals surface area (Å²) in [4.78, 5) is 35.2. The van der Waals surface area contributed by atoms with E-state index >= 15 is 0 Å². The lowest BCUT2D eigenvalue weighted by atomic mass is 9.68. The van der Waals surface area contributed by atoms with Crippen LogP contribution in [-0.2, 0) is 23.1 Å². The maximum absolute atomic E-state index is 13.2. The van der Waals surface area contributed by atoms with E-state index in [4.69, 9.17) is 10.2 Å². The lowest BCUT2D eigenvalue weighted by molar-refractivity contribution is -0.130. The minimum absolute atomic E-state index is 0.0383. The summed E-state index contributed by atoms with van der Waals surface area (Å²) in [6.45, 7) is 7.81. The van der Waals surface area contributed by atoms with Crippen molar-refractivity contribution in [2.75, 3.05) is 47.8 Å². The number of rotatable bonds is 11. The van der Waals surface area contributed by atoms with E-state index in [9.17, 15) is 14.9 Å². The number of likely N-dealkylation sites (tertiary alicyclic amines) is 1. The monoisotopic (exact) mass is 684 g/mol. The van der Waals surface area contributed by atoms with Gasteiger partial charge >= 0.3 is 0 Å². The third-order valence-corrected chi connectivity index (χ3v) is 10.4. The average Bonchev–Trinajstić information content (AvgIpc) is 3.80. The quantitative estimate of drug-likeness (QED) is 0.205. The molecule has 10 heteroatoms. The maximum atomic E-state index is 13.2. The van der Waals surface area contributed by atoms with Crippen LogP contribution in [-0.4, -0.2) is 95.6 Å². The summed E-state index contributed by atoms with van der Waals surface area (Å²) in [5, 5.41) is 22.5. The zero-order valence-corrected chi connectivity index (χ0v) is 30.4. The van der Waals surface area contributed by atoms with Gasteiger partial charge in [0.1, 0.15) is 11.9 Å². The van der Waals surface area contributed by atoms with Gasteiger partial charge in [0.2, 0.25) is 5.91 Å². The number of aryl methyl sites for hydroxylation is 3. The van der Waals surface area contributed by atoms with Crippen molar-refractivity contribution in [3.05, 3.63) is 112 Å². The SMILES string of the molecule is C=C(c1ccc2c(c1)CCc1cc(C(=O)N(C)C)ccc1C2(CCCNCC(=O)N1CCCC1C#N)c1nnc(-c2ccc(C)cc2)[nH]1)N(C)C. The van der Waals surface area contributed by atoms with Gasteiger partial charge in [-0.1, -0.05) is 54.6 Å². The largest absolute Gasteiger partial charge is 0.378 e. The number of hydrogen-bond donors (Lipinski definition) is 2. The maximum Gasteiger partial charge on any atom is 0.253 e. The Labute approximate surface area is 301 Å². The lowest BCUT2D eigenvalue weighted by Crippen LogP contribution is -2.41. The molecular weight excluding hydrogens is 637 g/mol. The fourth-order valence-corrected chi connectivity index (χ4v) is 7.59. The zero-order chi connectivity index (χ0) is 36.3. The van der Waals surface area contributed by atoms with Crippen molar-refractivity contribution >= 4 is 17.5 Å². The Balaban J connectivity index is 1.44. The standard InChI is InChI=1S/C41H48N8O2/c1-27-10-12-29(13-11-27)38-44-40(46-45-38)41(20-8-21-43-26-37(50)49-22-7-9-34(49)25-42)35-18-16-30(28(2)47(3)4)23-31(35)14-15-32-24-33(17-19-36(32)41)39(51)48(5)6/h10-13,16-19,23-24,34,43H,2,7-9,14-15,20-22,26H2,1,3-6H3,(H,44,45,46). The predicted octanol–water partition coefficient (Wildman–Crippen LogP) is 5.33. The molecule has 264 valence electrons. The summed E-state index contributed by atoms with van der Waals surface area (Å²) in [6.07, 6.45) is 4.50. The molecule has 2 N–H and O–H groups in total. The number of H-pyrrole nitrogens is 1. The van der Waals surface area contributed by atoms with Crippen molar-refractivity contribution in [1.29, 1.82) is 5.26 Å². The van der Waals surface area contributed by atoms with E-state index in [1.165, 1.54) is 11.1 Å². The first-order chi connectivity index (χ1) is 24.5. The average molecular weight is 685 g/mol. The van der Waals surface area contributed by atoms with E-state index in [0.717, 1.165) is 71.4 Å². The normalized spacial score (nSPS) is 18.0. The summed E-state index contributed by atoms with van der Waals surface area (Å²) < 4.78 is 0. The second-order valence-corrected chi connectivity index (χ2v) is 14.2. The first-order valence-corrected chi connectivity index (χ1v) is 17.8. The topological polar surface area (TPSA) is 121 Å². The Kier molecular flexibility index (Phi) is 10.4. The van der Waals surface area contributed by atoms with Gasteiger partial charge in [-0.2, -0.15) is 5.26 Å². The molecule has 1 aliphatic carbocycles. The van der Waals surface area contributed by atoms with Crippen LogP contribution >= 0.6 is 0 Å². The highest BCUT2D eigenvalue weighted by atomic mass is 16.2. The van der Waals surface area contributed by atoms with Crippen LogP contribution in [0.5, 0.6) is 0 Å².